The molecule has 0 spiro atoms. The fourth-order valence-corrected chi connectivity index (χ4v) is 2.08. The lowest BCUT2D eigenvalue weighted by Gasteiger charge is -2.19. The molecule has 0 aliphatic heterocycles. The smallest absolute Gasteiger partial charge is 0.260 e. The first-order valence-corrected chi connectivity index (χ1v) is 7.05. The summed E-state index contributed by atoms with van der Waals surface area (Å²) in [5, 5.41) is 3.61. The highest BCUT2D eigenvalue weighted by atomic mass is 35.5. The van der Waals surface area contributed by atoms with Gasteiger partial charge in [-0.3, -0.25) is 4.79 Å². The zero-order valence-electron chi connectivity index (χ0n) is 12.0. The third-order valence-corrected chi connectivity index (χ3v) is 3.16. The Morgan fingerprint density at radius 3 is 2.68 bits per heavy atom. The van der Waals surface area contributed by atoms with Crippen molar-refractivity contribution in [3.63, 3.8) is 0 Å². The highest BCUT2D eigenvalue weighted by molar-refractivity contribution is 6.30. The minimum atomic E-state index is -0.515. The van der Waals surface area contributed by atoms with Crippen LogP contribution in [0.15, 0.2) is 18.2 Å². The molecule has 0 saturated heterocycles. The average Bonchev–Trinajstić information content (AvgIpc) is 2.32. The third-order valence-electron chi connectivity index (χ3n) is 2.92. The topological polar surface area (TPSA) is 38.3 Å². The van der Waals surface area contributed by atoms with E-state index >= 15 is 0 Å². The van der Waals surface area contributed by atoms with E-state index in [2.05, 4.69) is 12.2 Å². The molecule has 4 heteroatoms. The largest absolute Gasteiger partial charge is 0.481 e. The second-order valence-electron chi connectivity index (χ2n) is 4.87. The molecule has 1 N–H and O–H groups in total. The number of halogens is 1. The molecule has 0 aliphatic carbocycles. The molecule has 0 aliphatic rings. The normalized spacial score (nSPS) is 13.7. The van der Waals surface area contributed by atoms with Crippen molar-refractivity contribution in [3.05, 3.63) is 28.8 Å². The quantitative estimate of drug-likeness (QED) is 0.864. The van der Waals surface area contributed by atoms with Crippen molar-refractivity contribution in [2.75, 3.05) is 0 Å². The maximum absolute atomic E-state index is 11.9. The molecule has 1 aromatic rings. The number of hydrogen-bond acceptors (Lipinski definition) is 2. The van der Waals surface area contributed by atoms with E-state index in [1.54, 1.807) is 19.1 Å². The number of nitrogens with one attached hydrogen (secondary N) is 1. The Balaban J connectivity index is 2.58. The van der Waals surface area contributed by atoms with Crippen LogP contribution in [0.1, 0.15) is 39.2 Å². The number of carbonyl (C=O) groups is 1. The number of hydrogen-bond donors (Lipinski definition) is 1. The van der Waals surface area contributed by atoms with Crippen molar-refractivity contribution in [1.29, 1.82) is 0 Å². The molecule has 0 radical (unpaired) electrons. The predicted molar refractivity (Wildman–Crippen MR) is 78.8 cm³/mol. The zero-order valence-corrected chi connectivity index (χ0v) is 12.8. The van der Waals surface area contributed by atoms with Crippen LogP contribution in [-0.4, -0.2) is 18.1 Å². The van der Waals surface area contributed by atoms with Crippen molar-refractivity contribution >= 4 is 17.5 Å². The average molecular weight is 284 g/mol. The van der Waals surface area contributed by atoms with Crippen molar-refractivity contribution in [1.82, 2.24) is 5.32 Å². The Morgan fingerprint density at radius 1 is 1.42 bits per heavy atom. The highest BCUT2D eigenvalue weighted by Gasteiger charge is 2.17. The van der Waals surface area contributed by atoms with Crippen LogP contribution >= 0.6 is 11.6 Å². The van der Waals surface area contributed by atoms with Gasteiger partial charge in [-0.05, 0) is 51.0 Å². The maximum atomic E-state index is 11.9. The van der Waals surface area contributed by atoms with Gasteiger partial charge in [0.25, 0.3) is 5.91 Å². The molecule has 0 saturated carbocycles. The van der Waals surface area contributed by atoms with Gasteiger partial charge in [-0.15, -0.1) is 0 Å². The molecule has 0 bridgehead atoms. The monoisotopic (exact) mass is 283 g/mol. The molecule has 106 valence electrons. The lowest BCUT2D eigenvalue weighted by molar-refractivity contribution is -0.127. The summed E-state index contributed by atoms with van der Waals surface area (Å²) in [4.78, 5) is 11.9. The van der Waals surface area contributed by atoms with Gasteiger partial charge in [0.2, 0.25) is 0 Å². The van der Waals surface area contributed by atoms with Gasteiger partial charge in [0.1, 0.15) is 5.75 Å². The highest BCUT2D eigenvalue weighted by Crippen LogP contribution is 2.22. The van der Waals surface area contributed by atoms with Gasteiger partial charge < -0.3 is 10.1 Å². The molecule has 19 heavy (non-hydrogen) atoms. The molecule has 3 nitrogen and oxygen atoms in total. The van der Waals surface area contributed by atoms with Gasteiger partial charge in [-0.25, -0.2) is 0 Å². The maximum Gasteiger partial charge on any atom is 0.260 e. The van der Waals surface area contributed by atoms with Crippen LogP contribution in [-0.2, 0) is 4.79 Å². The third kappa shape index (κ3) is 5.11. The van der Waals surface area contributed by atoms with Crippen LogP contribution in [0, 0.1) is 6.92 Å². The van der Waals surface area contributed by atoms with E-state index in [0.717, 1.165) is 18.4 Å². The summed E-state index contributed by atoms with van der Waals surface area (Å²) in [7, 11) is 0. The minimum absolute atomic E-state index is 0.0877. The number of carbonyl (C=O) groups excluding carboxylic acids is 1. The molecule has 2 atom stereocenters. The Morgan fingerprint density at radius 2 is 2.11 bits per heavy atom. The van der Waals surface area contributed by atoms with Gasteiger partial charge in [-0.2, -0.15) is 0 Å². The summed E-state index contributed by atoms with van der Waals surface area (Å²) in [6.45, 7) is 7.76. The Kier molecular flexibility index (Phi) is 6.16. The molecule has 1 amide bonds. The lowest BCUT2D eigenvalue weighted by Crippen LogP contribution is -2.41. The molecule has 0 fully saturated rings. The van der Waals surface area contributed by atoms with E-state index in [1.807, 2.05) is 19.9 Å². The van der Waals surface area contributed by atoms with E-state index in [-0.39, 0.29) is 11.9 Å². The van der Waals surface area contributed by atoms with E-state index in [1.165, 1.54) is 0 Å². The van der Waals surface area contributed by atoms with Crippen molar-refractivity contribution in [2.45, 2.75) is 52.7 Å². The lowest BCUT2D eigenvalue weighted by atomic mass is 10.2. The first-order valence-electron chi connectivity index (χ1n) is 6.67. The Labute approximate surface area is 120 Å². The minimum Gasteiger partial charge on any atom is -0.481 e. The second-order valence-corrected chi connectivity index (χ2v) is 5.30. The Hall–Kier alpha value is -1.22. The summed E-state index contributed by atoms with van der Waals surface area (Å²) in [6, 6.07) is 5.54. The predicted octanol–water partition coefficient (Wildman–Crippen LogP) is 3.72. The van der Waals surface area contributed by atoms with Gasteiger partial charge in [0.15, 0.2) is 6.10 Å². The second kappa shape index (κ2) is 7.39. The van der Waals surface area contributed by atoms with Crippen LogP contribution in [0.4, 0.5) is 0 Å². The fourth-order valence-electron chi connectivity index (χ4n) is 1.85. The van der Waals surface area contributed by atoms with Gasteiger partial charge in [0.05, 0.1) is 0 Å². The molecule has 0 aromatic heterocycles. The van der Waals surface area contributed by atoms with E-state index < -0.39 is 6.10 Å². The van der Waals surface area contributed by atoms with Gasteiger partial charge >= 0.3 is 0 Å². The van der Waals surface area contributed by atoms with Gasteiger partial charge in [-0.1, -0.05) is 24.9 Å². The van der Waals surface area contributed by atoms with Gasteiger partial charge in [0, 0.05) is 11.1 Å². The summed E-state index contributed by atoms with van der Waals surface area (Å²) in [5.41, 5.74) is 0.925. The fraction of sp³-hybridized carbons (Fsp3) is 0.533. The molecule has 0 heterocycles. The van der Waals surface area contributed by atoms with Crippen LogP contribution < -0.4 is 10.1 Å². The Bertz CT molecular complexity index is 434. The van der Waals surface area contributed by atoms with Crippen molar-refractivity contribution in [3.8, 4) is 5.75 Å². The first-order chi connectivity index (χ1) is 8.93. The first kappa shape index (κ1) is 15.8. The molecular formula is C15H22ClNO2. The number of ether oxygens (including phenoxy) is 1. The van der Waals surface area contributed by atoms with Crippen LogP contribution in [0.2, 0.25) is 5.02 Å². The zero-order chi connectivity index (χ0) is 14.4. The van der Waals surface area contributed by atoms with Crippen LogP contribution in [0.5, 0.6) is 5.75 Å². The summed E-state index contributed by atoms with van der Waals surface area (Å²) in [5.74, 6) is 0.602. The summed E-state index contributed by atoms with van der Waals surface area (Å²) in [6.07, 6.45) is 1.50. The SMILES string of the molecule is CCCC(C)NC(=O)C(C)Oc1ccc(Cl)cc1C. The number of rotatable bonds is 6. The number of aryl methyl sites for hydroxylation is 1. The van der Waals surface area contributed by atoms with Crippen molar-refractivity contribution < 1.29 is 9.53 Å². The number of benzene rings is 1. The number of amides is 1. The van der Waals surface area contributed by atoms with E-state index in [9.17, 15) is 4.79 Å². The molecule has 2 unspecified atom stereocenters. The molecular weight excluding hydrogens is 262 g/mol. The van der Waals surface area contributed by atoms with E-state index in [0.29, 0.717) is 10.8 Å². The molecule has 1 rings (SSSR count). The summed E-state index contributed by atoms with van der Waals surface area (Å²) < 4.78 is 5.67. The van der Waals surface area contributed by atoms with E-state index in [4.69, 9.17) is 16.3 Å². The standard InChI is InChI=1S/C15H22ClNO2/c1-5-6-11(3)17-15(18)12(4)19-14-8-7-13(16)9-10(14)2/h7-9,11-12H,5-6H2,1-4H3,(H,17,18). The van der Waals surface area contributed by atoms with Crippen LogP contribution in [0.25, 0.3) is 0 Å². The summed E-state index contributed by atoms with van der Waals surface area (Å²) >= 11 is 5.88. The van der Waals surface area contributed by atoms with Crippen molar-refractivity contribution in [2.24, 2.45) is 0 Å². The van der Waals surface area contributed by atoms with Crippen LogP contribution in [0.3, 0.4) is 0 Å². The molecule has 1 aromatic carbocycles.